The van der Waals surface area contributed by atoms with Gasteiger partial charge in [-0.05, 0) is 62.1 Å². The van der Waals surface area contributed by atoms with Crippen molar-refractivity contribution < 1.29 is 19.0 Å². The van der Waals surface area contributed by atoms with Crippen molar-refractivity contribution in [3.63, 3.8) is 0 Å². The number of hydrogen-bond acceptors (Lipinski definition) is 3. The lowest BCUT2D eigenvalue weighted by Crippen LogP contribution is -2.21. The van der Waals surface area contributed by atoms with Gasteiger partial charge in [-0.25, -0.2) is 4.39 Å². The average Bonchev–Trinajstić information content (AvgIpc) is 3.14. The van der Waals surface area contributed by atoms with Crippen molar-refractivity contribution in [1.82, 2.24) is 0 Å². The molecule has 0 saturated carbocycles. The highest BCUT2D eigenvalue weighted by Gasteiger charge is 2.37. The topological polar surface area (TPSA) is 58.6 Å². The van der Waals surface area contributed by atoms with E-state index in [9.17, 15) is 9.18 Å². The van der Waals surface area contributed by atoms with Crippen molar-refractivity contribution in [3.8, 4) is 0 Å². The highest BCUT2D eigenvalue weighted by molar-refractivity contribution is 6.32. The fraction of sp³-hybridized carbons (Fsp3) is 0.261. The molecule has 0 spiro atoms. The van der Waals surface area contributed by atoms with E-state index in [2.05, 4.69) is 5.32 Å². The number of amides is 1. The van der Waals surface area contributed by atoms with Gasteiger partial charge < -0.3 is 15.2 Å². The van der Waals surface area contributed by atoms with Crippen molar-refractivity contribution in [1.29, 1.82) is 0 Å². The van der Waals surface area contributed by atoms with E-state index in [0.29, 0.717) is 22.6 Å². The van der Waals surface area contributed by atoms with Crippen LogP contribution in [-0.4, -0.2) is 23.2 Å². The van der Waals surface area contributed by atoms with Crippen LogP contribution in [0.1, 0.15) is 37.0 Å². The summed E-state index contributed by atoms with van der Waals surface area (Å²) < 4.78 is 19.6. The van der Waals surface area contributed by atoms with Crippen LogP contribution >= 0.6 is 0 Å². The van der Waals surface area contributed by atoms with Crippen molar-refractivity contribution in [2.45, 2.75) is 32.3 Å². The molecule has 0 radical (unpaired) electrons. The van der Waals surface area contributed by atoms with E-state index < -0.39 is 11.4 Å². The Bertz CT molecular complexity index is 1000. The number of benzene rings is 2. The number of allylic oxidation sites excluding steroid dienone is 1. The van der Waals surface area contributed by atoms with Crippen LogP contribution < -0.4 is 5.32 Å². The molecular formula is C23H22FNO3. The van der Waals surface area contributed by atoms with E-state index in [1.54, 1.807) is 6.07 Å². The lowest BCUT2D eigenvalue weighted by molar-refractivity contribution is -0.111. The number of halogens is 1. The van der Waals surface area contributed by atoms with E-state index in [-0.39, 0.29) is 12.5 Å². The Morgan fingerprint density at radius 1 is 1.14 bits per heavy atom. The number of aliphatic hydroxyl groups excluding tert-OH is 1. The SMILES string of the molecule is CC1(C)O/C(=C2/C(=O)Nc3cc(F)ccc32)C=C1c1ccc(CCCO)cc1. The maximum absolute atomic E-state index is 13.5. The molecule has 144 valence electrons. The predicted molar refractivity (Wildman–Crippen MR) is 107 cm³/mol. The number of carbonyl (C=O) groups is 1. The lowest BCUT2D eigenvalue weighted by Gasteiger charge is -2.23. The Hall–Kier alpha value is -2.92. The molecule has 1 amide bonds. The Morgan fingerprint density at radius 2 is 1.89 bits per heavy atom. The van der Waals surface area contributed by atoms with Gasteiger partial charge in [0.05, 0.1) is 11.3 Å². The first-order chi connectivity index (χ1) is 13.4. The van der Waals surface area contributed by atoms with E-state index in [0.717, 1.165) is 24.0 Å². The first-order valence-electron chi connectivity index (χ1n) is 9.36. The number of ether oxygens (including phenoxy) is 1. The van der Waals surface area contributed by atoms with Crippen LogP contribution in [0.4, 0.5) is 10.1 Å². The number of anilines is 1. The molecule has 0 fully saturated rings. The summed E-state index contributed by atoms with van der Waals surface area (Å²) in [6, 6.07) is 12.4. The Labute approximate surface area is 163 Å². The molecule has 2 aromatic rings. The summed E-state index contributed by atoms with van der Waals surface area (Å²) in [7, 11) is 0. The molecule has 28 heavy (non-hydrogen) atoms. The zero-order valence-electron chi connectivity index (χ0n) is 15.9. The van der Waals surface area contributed by atoms with Gasteiger partial charge in [-0.3, -0.25) is 4.79 Å². The summed E-state index contributed by atoms with van der Waals surface area (Å²) in [4.78, 5) is 12.5. The molecule has 0 aliphatic carbocycles. The van der Waals surface area contributed by atoms with Crippen LogP contribution in [-0.2, 0) is 16.0 Å². The van der Waals surface area contributed by atoms with Gasteiger partial charge in [0.2, 0.25) is 0 Å². The summed E-state index contributed by atoms with van der Waals surface area (Å²) >= 11 is 0. The molecule has 5 heteroatoms. The van der Waals surface area contributed by atoms with Gasteiger partial charge in [0, 0.05) is 17.7 Å². The molecule has 4 nitrogen and oxygen atoms in total. The van der Waals surface area contributed by atoms with Gasteiger partial charge in [-0.1, -0.05) is 24.3 Å². The van der Waals surface area contributed by atoms with E-state index in [1.807, 2.05) is 44.2 Å². The van der Waals surface area contributed by atoms with Crippen molar-refractivity contribution in [3.05, 3.63) is 76.8 Å². The van der Waals surface area contributed by atoms with Gasteiger partial charge in [-0.15, -0.1) is 0 Å². The summed E-state index contributed by atoms with van der Waals surface area (Å²) in [5.41, 5.74) is 4.10. The van der Waals surface area contributed by atoms with Crippen LogP contribution in [0.2, 0.25) is 0 Å². The standard InChI is InChI=1S/C23H22FNO3/c1-23(2)18(15-7-5-14(6-8-15)4-3-11-26)13-20(28-23)21-17-10-9-16(24)12-19(17)25-22(21)27/h5-10,12-13,26H,3-4,11H2,1-2H3,(H,25,27)/b21-20+. The van der Waals surface area contributed by atoms with Gasteiger partial charge in [0.15, 0.2) is 0 Å². The summed E-state index contributed by atoms with van der Waals surface area (Å²) in [6.07, 6.45) is 3.47. The van der Waals surface area contributed by atoms with E-state index in [1.165, 1.54) is 17.7 Å². The van der Waals surface area contributed by atoms with Crippen molar-refractivity contribution in [2.75, 3.05) is 11.9 Å². The molecular weight excluding hydrogens is 357 g/mol. The summed E-state index contributed by atoms with van der Waals surface area (Å²) in [5.74, 6) is -0.189. The fourth-order valence-electron chi connectivity index (χ4n) is 3.74. The number of carbonyl (C=O) groups excluding carboxylic acids is 1. The lowest BCUT2D eigenvalue weighted by atomic mass is 9.91. The van der Waals surface area contributed by atoms with Gasteiger partial charge in [0.1, 0.15) is 17.2 Å². The zero-order chi connectivity index (χ0) is 19.9. The quantitative estimate of drug-likeness (QED) is 0.779. The van der Waals surface area contributed by atoms with Crippen LogP contribution in [0, 0.1) is 5.82 Å². The molecule has 2 aliphatic rings. The average molecular weight is 379 g/mol. The molecule has 2 heterocycles. The number of rotatable bonds is 4. The van der Waals surface area contributed by atoms with Gasteiger partial charge in [0.25, 0.3) is 5.91 Å². The van der Waals surface area contributed by atoms with E-state index >= 15 is 0 Å². The number of hydrogen-bond donors (Lipinski definition) is 2. The molecule has 0 aromatic heterocycles. The van der Waals surface area contributed by atoms with Crippen LogP contribution in [0.5, 0.6) is 0 Å². The second-order valence-electron chi connectivity index (χ2n) is 7.58. The smallest absolute Gasteiger partial charge is 0.260 e. The second kappa shape index (κ2) is 6.91. The molecule has 0 unspecified atom stereocenters. The van der Waals surface area contributed by atoms with Crippen molar-refractivity contribution >= 4 is 22.7 Å². The third-order valence-corrected chi connectivity index (χ3v) is 5.15. The first-order valence-corrected chi connectivity index (χ1v) is 9.36. The summed E-state index contributed by atoms with van der Waals surface area (Å²) in [5, 5.41) is 11.7. The second-order valence-corrected chi connectivity index (χ2v) is 7.58. The largest absolute Gasteiger partial charge is 0.482 e. The monoisotopic (exact) mass is 379 g/mol. The predicted octanol–water partition coefficient (Wildman–Crippen LogP) is 4.31. The van der Waals surface area contributed by atoms with Crippen LogP contribution in [0.25, 0.3) is 11.1 Å². The third-order valence-electron chi connectivity index (χ3n) is 5.15. The Morgan fingerprint density at radius 3 is 2.61 bits per heavy atom. The van der Waals surface area contributed by atoms with E-state index in [4.69, 9.17) is 9.84 Å². The van der Waals surface area contributed by atoms with Crippen LogP contribution in [0.3, 0.4) is 0 Å². The Balaban J connectivity index is 1.73. The van der Waals surface area contributed by atoms with Gasteiger partial charge in [-0.2, -0.15) is 0 Å². The minimum Gasteiger partial charge on any atom is -0.482 e. The molecule has 2 aliphatic heterocycles. The number of aryl methyl sites for hydroxylation is 1. The fourth-order valence-corrected chi connectivity index (χ4v) is 3.74. The highest BCUT2D eigenvalue weighted by atomic mass is 19.1. The maximum Gasteiger partial charge on any atom is 0.260 e. The molecule has 0 saturated heterocycles. The van der Waals surface area contributed by atoms with Crippen molar-refractivity contribution in [2.24, 2.45) is 0 Å². The third kappa shape index (κ3) is 3.22. The molecule has 2 aromatic carbocycles. The summed E-state index contributed by atoms with van der Waals surface area (Å²) in [6.45, 7) is 4.10. The number of fused-ring (bicyclic) bond motifs is 1. The normalized spacial score (nSPS) is 19.9. The molecule has 0 atom stereocenters. The van der Waals surface area contributed by atoms with Gasteiger partial charge >= 0.3 is 0 Å². The Kier molecular flexibility index (Phi) is 4.55. The first kappa shape index (κ1) is 18.4. The minimum absolute atomic E-state index is 0.179. The molecule has 4 rings (SSSR count). The minimum atomic E-state index is -0.599. The van der Waals surface area contributed by atoms with Crippen LogP contribution in [0.15, 0.2) is 54.3 Å². The molecule has 2 N–H and O–H groups in total. The molecule has 0 bridgehead atoms. The highest BCUT2D eigenvalue weighted by Crippen LogP contribution is 2.44. The number of aliphatic hydroxyl groups is 1. The zero-order valence-corrected chi connectivity index (χ0v) is 15.9. The number of nitrogens with one attached hydrogen (secondary N) is 1. The maximum atomic E-state index is 13.5.